The van der Waals surface area contributed by atoms with Crippen molar-refractivity contribution in [3.05, 3.63) is 66.2 Å². The third-order valence-electron chi connectivity index (χ3n) is 5.18. The van der Waals surface area contributed by atoms with Crippen LogP contribution in [-0.4, -0.2) is 33.6 Å². The number of pyridine rings is 1. The number of aromatic nitrogens is 3. The molecule has 0 bridgehead atoms. The summed E-state index contributed by atoms with van der Waals surface area (Å²) in [5.41, 5.74) is 4.63. The molecule has 1 fully saturated rings. The minimum absolute atomic E-state index is 0.0357. The van der Waals surface area contributed by atoms with Crippen LogP contribution < -0.4 is 5.32 Å². The Hall–Kier alpha value is -3.12. The second-order valence-corrected chi connectivity index (χ2v) is 7.78. The van der Waals surface area contributed by atoms with Crippen LogP contribution in [0.25, 0.3) is 22.5 Å². The summed E-state index contributed by atoms with van der Waals surface area (Å²) in [6, 6.07) is 13.9. The lowest BCUT2D eigenvalue weighted by atomic mass is 10.0. The molecule has 0 spiro atoms. The van der Waals surface area contributed by atoms with Crippen LogP contribution in [0.4, 0.5) is 0 Å². The van der Waals surface area contributed by atoms with E-state index in [0.29, 0.717) is 13.2 Å². The number of benzene rings is 1. The van der Waals surface area contributed by atoms with E-state index in [0.717, 1.165) is 46.7 Å². The summed E-state index contributed by atoms with van der Waals surface area (Å²) in [4.78, 5) is 26.0. The topological polar surface area (TPSA) is 77.0 Å². The predicted molar refractivity (Wildman–Crippen MR) is 116 cm³/mol. The van der Waals surface area contributed by atoms with Gasteiger partial charge in [0.05, 0.1) is 11.4 Å². The van der Waals surface area contributed by atoms with E-state index in [2.05, 4.69) is 29.1 Å². The van der Waals surface area contributed by atoms with Crippen molar-refractivity contribution < 1.29 is 9.53 Å². The van der Waals surface area contributed by atoms with Gasteiger partial charge in [0.15, 0.2) is 0 Å². The first-order valence-corrected chi connectivity index (χ1v) is 10.4. The number of carbonyl (C=O) groups is 1. The molecular weight excluding hydrogens is 376 g/mol. The van der Waals surface area contributed by atoms with Gasteiger partial charge in [0.1, 0.15) is 11.9 Å². The van der Waals surface area contributed by atoms with Crippen molar-refractivity contribution in [1.29, 1.82) is 0 Å². The molecule has 4 rings (SSSR count). The highest BCUT2D eigenvalue weighted by Crippen LogP contribution is 2.30. The van der Waals surface area contributed by atoms with Crippen LogP contribution in [0.1, 0.15) is 44.0 Å². The van der Waals surface area contributed by atoms with Crippen LogP contribution in [0.5, 0.6) is 0 Å². The molecule has 1 N–H and O–H groups in total. The average molecular weight is 402 g/mol. The number of nitrogens with zero attached hydrogens (tertiary/aromatic N) is 3. The third-order valence-corrected chi connectivity index (χ3v) is 5.18. The predicted octanol–water partition coefficient (Wildman–Crippen LogP) is 4.12. The van der Waals surface area contributed by atoms with Gasteiger partial charge in [0.2, 0.25) is 5.91 Å². The monoisotopic (exact) mass is 402 g/mol. The zero-order valence-electron chi connectivity index (χ0n) is 17.3. The molecule has 1 aromatic carbocycles. The summed E-state index contributed by atoms with van der Waals surface area (Å²) in [5, 5.41) is 2.96. The van der Waals surface area contributed by atoms with Gasteiger partial charge in [-0.15, -0.1) is 0 Å². The number of hydrogen-bond donors (Lipinski definition) is 1. The van der Waals surface area contributed by atoms with Gasteiger partial charge in [0, 0.05) is 42.6 Å². The fraction of sp³-hybridized carbons (Fsp3) is 0.333. The number of hydrogen-bond acceptors (Lipinski definition) is 5. The number of amides is 1. The minimum Gasteiger partial charge on any atom is -0.368 e. The van der Waals surface area contributed by atoms with Crippen LogP contribution in [0.3, 0.4) is 0 Å². The second-order valence-electron chi connectivity index (χ2n) is 7.78. The van der Waals surface area contributed by atoms with E-state index < -0.39 is 0 Å². The van der Waals surface area contributed by atoms with Gasteiger partial charge in [-0.05, 0) is 30.5 Å². The van der Waals surface area contributed by atoms with E-state index in [1.165, 1.54) is 0 Å². The molecule has 0 saturated carbocycles. The normalized spacial score (nSPS) is 16.0. The Morgan fingerprint density at radius 3 is 2.67 bits per heavy atom. The first-order chi connectivity index (χ1) is 14.6. The van der Waals surface area contributed by atoms with Gasteiger partial charge in [-0.25, -0.2) is 9.97 Å². The van der Waals surface area contributed by atoms with E-state index in [1.807, 2.05) is 48.7 Å². The summed E-state index contributed by atoms with van der Waals surface area (Å²) in [5.74, 6) is 0.998. The van der Waals surface area contributed by atoms with E-state index in [4.69, 9.17) is 9.72 Å². The Morgan fingerprint density at radius 1 is 1.17 bits per heavy atom. The highest BCUT2D eigenvalue weighted by molar-refractivity contribution is 5.81. The molecule has 1 unspecified atom stereocenters. The molecule has 1 saturated heterocycles. The van der Waals surface area contributed by atoms with Crippen molar-refractivity contribution >= 4 is 5.91 Å². The van der Waals surface area contributed by atoms with Gasteiger partial charge in [-0.2, -0.15) is 0 Å². The summed E-state index contributed by atoms with van der Waals surface area (Å²) in [6.07, 6.45) is 5.07. The molecular formula is C24H26N4O2. The van der Waals surface area contributed by atoms with E-state index >= 15 is 0 Å². The molecule has 0 radical (unpaired) electrons. The largest absolute Gasteiger partial charge is 0.368 e. The SMILES string of the molecule is CC(C)c1ncc(-c2ccccn2)c(-c2ccc(CNC(=O)C3CCCO3)cc2)n1. The van der Waals surface area contributed by atoms with Crippen molar-refractivity contribution in [2.45, 2.75) is 45.3 Å². The summed E-state index contributed by atoms with van der Waals surface area (Å²) < 4.78 is 5.43. The molecule has 1 atom stereocenters. The lowest BCUT2D eigenvalue weighted by Crippen LogP contribution is -2.33. The van der Waals surface area contributed by atoms with Gasteiger partial charge in [-0.3, -0.25) is 9.78 Å². The zero-order valence-corrected chi connectivity index (χ0v) is 17.3. The number of rotatable bonds is 6. The van der Waals surface area contributed by atoms with Gasteiger partial charge >= 0.3 is 0 Å². The van der Waals surface area contributed by atoms with Crippen molar-refractivity contribution in [3.8, 4) is 22.5 Å². The highest BCUT2D eigenvalue weighted by Gasteiger charge is 2.23. The number of carbonyl (C=O) groups excluding carboxylic acids is 1. The Bertz CT molecular complexity index is 997. The van der Waals surface area contributed by atoms with Crippen molar-refractivity contribution in [2.24, 2.45) is 0 Å². The van der Waals surface area contributed by atoms with Crippen molar-refractivity contribution in [2.75, 3.05) is 6.61 Å². The van der Waals surface area contributed by atoms with Gasteiger partial charge < -0.3 is 10.1 Å². The van der Waals surface area contributed by atoms with E-state index in [9.17, 15) is 4.79 Å². The molecule has 30 heavy (non-hydrogen) atoms. The number of ether oxygens (including phenoxy) is 1. The molecule has 3 aromatic rings. The van der Waals surface area contributed by atoms with Crippen molar-refractivity contribution in [1.82, 2.24) is 20.3 Å². The second kappa shape index (κ2) is 9.13. The standard InChI is InChI=1S/C24H26N4O2/c1-16(2)23-26-15-19(20-6-3-4-12-25-20)22(28-23)18-10-8-17(9-11-18)14-27-24(29)21-7-5-13-30-21/h3-4,6,8-12,15-16,21H,5,7,13-14H2,1-2H3,(H,27,29). The first-order valence-electron chi connectivity index (χ1n) is 10.4. The molecule has 1 aliphatic rings. The Kier molecular flexibility index (Phi) is 6.14. The maximum absolute atomic E-state index is 12.1. The first kappa shape index (κ1) is 20.2. The molecule has 6 nitrogen and oxygen atoms in total. The summed E-state index contributed by atoms with van der Waals surface area (Å²) in [6.45, 7) is 5.31. The maximum Gasteiger partial charge on any atom is 0.249 e. The van der Waals surface area contributed by atoms with Gasteiger partial charge in [0.25, 0.3) is 0 Å². The fourth-order valence-electron chi connectivity index (χ4n) is 3.47. The summed E-state index contributed by atoms with van der Waals surface area (Å²) >= 11 is 0. The Labute approximate surface area is 176 Å². The van der Waals surface area contributed by atoms with Crippen molar-refractivity contribution in [3.63, 3.8) is 0 Å². The van der Waals surface area contributed by atoms with E-state index in [1.54, 1.807) is 6.20 Å². The lowest BCUT2D eigenvalue weighted by Gasteiger charge is -2.13. The third kappa shape index (κ3) is 4.54. The maximum atomic E-state index is 12.1. The van der Waals surface area contributed by atoms with E-state index in [-0.39, 0.29) is 17.9 Å². The molecule has 1 aliphatic heterocycles. The number of nitrogens with one attached hydrogen (secondary N) is 1. The highest BCUT2D eigenvalue weighted by atomic mass is 16.5. The van der Waals surface area contributed by atoms with Crippen LogP contribution in [0.15, 0.2) is 54.9 Å². The Balaban J connectivity index is 1.57. The van der Waals surface area contributed by atoms with Crippen LogP contribution in [0, 0.1) is 0 Å². The quantitative estimate of drug-likeness (QED) is 0.671. The van der Waals surface area contributed by atoms with Crippen LogP contribution >= 0.6 is 0 Å². The van der Waals surface area contributed by atoms with Gasteiger partial charge in [-0.1, -0.05) is 44.2 Å². The molecule has 6 heteroatoms. The molecule has 154 valence electrons. The fourth-order valence-corrected chi connectivity index (χ4v) is 3.47. The average Bonchev–Trinajstić information content (AvgIpc) is 3.33. The van der Waals surface area contributed by atoms with Crippen LogP contribution in [-0.2, 0) is 16.1 Å². The van der Waals surface area contributed by atoms with Crippen LogP contribution in [0.2, 0.25) is 0 Å². The lowest BCUT2D eigenvalue weighted by molar-refractivity contribution is -0.130. The molecule has 3 heterocycles. The summed E-state index contributed by atoms with van der Waals surface area (Å²) in [7, 11) is 0. The zero-order chi connectivity index (χ0) is 20.9. The smallest absolute Gasteiger partial charge is 0.249 e. The Morgan fingerprint density at radius 2 is 2.00 bits per heavy atom. The minimum atomic E-state index is -0.305. The molecule has 1 amide bonds. The molecule has 2 aromatic heterocycles. The molecule has 0 aliphatic carbocycles.